The van der Waals surface area contributed by atoms with Crippen LogP contribution in [0.4, 0.5) is 0 Å². The second-order valence-corrected chi connectivity index (χ2v) is 7.76. The molecule has 1 saturated heterocycles. The van der Waals surface area contributed by atoms with Gasteiger partial charge >= 0.3 is 0 Å². The minimum atomic E-state index is -0.206. The van der Waals surface area contributed by atoms with Crippen LogP contribution in [0.15, 0.2) is 29.6 Å². The quantitative estimate of drug-likeness (QED) is 0.834. The van der Waals surface area contributed by atoms with Gasteiger partial charge in [-0.3, -0.25) is 9.59 Å². The number of fused-ring (bicyclic) bond motifs is 3. The van der Waals surface area contributed by atoms with E-state index >= 15 is 0 Å². The lowest BCUT2D eigenvalue weighted by Gasteiger charge is -2.34. The third kappa shape index (κ3) is 2.46. The standard InChI is InChI=1S/C19H18N2O4S/c22-18-13-10-16-14(19(23)21-6-1-4-17(21)25-16)9-15(13)24-11-20(18)7-5-12-3-2-8-26-12/h2-3,8-10,17H,1,4-7,11H2. The Labute approximate surface area is 154 Å². The molecular weight excluding hydrogens is 352 g/mol. The normalized spacial score (nSPS) is 21.0. The first kappa shape index (κ1) is 15.7. The van der Waals surface area contributed by atoms with E-state index in [0.29, 0.717) is 29.2 Å². The van der Waals surface area contributed by atoms with Gasteiger partial charge in [0.25, 0.3) is 11.8 Å². The summed E-state index contributed by atoms with van der Waals surface area (Å²) in [5.41, 5.74) is 0.960. The van der Waals surface area contributed by atoms with Gasteiger partial charge < -0.3 is 19.3 Å². The average Bonchev–Trinajstić information content (AvgIpc) is 3.32. The number of carbonyl (C=O) groups is 2. The molecule has 1 aromatic heterocycles. The Balaban J connectivity index is 1.41. The molecule has 2 aromatic rings. The maximum Gasteiger partial charge on any atom is 0.260 e. The predicted molar refractivity (Wildman–Crippen MR) is 95.7 cm³/mol. The number of nitrogens with zero attached hydrogens (tertiary/aromatic N) is 2. The molecule has 0 saturated carbocycles. The second-order valence-electron chi connectivity index (χ2n) is 6.73. The van der Waals surface area contributed by atoms with E-state index in [1.54, 1.807) is 33.3 Å². The van der Waals surface area contributed by atoms with E-state index in [1.165, 1.54) is 4.88 Å². The molecule has 4 heterocycles. The molecule has 1 fully saturated rings. The minimum absolute atomic E-state index is 0.0345. The van der Waals surface area contributed by atoms with Gasteiger partial charge in [0, 0.05) is 24.4 Å². The van der Waals surface area contributed by atoms with Gasteiger partial charge in [0.15, 0.2) is 13.0 Å². The van der Waals surface area contributed by atoms with Gasteiger partial charge in [-0.1, -0.05) is 6.07 Å². The van der Waals surface area contributed by atoms with E-state index in [9.17, 15) is 9.59 Å². The summed E-state index contributed by atoms with van der Waals surface area (Å²) < 4.78 is 11.8. The summed E-state index contributed by atoms with van der Waals surface area (Å²) in [5, 5.41) is 2.03. The highest BCUT2D eigenvalue weighted by Crippen LogP contribution is 2.38. The van der Waals surface area contributed by atoms with E-state index in [1.807, 2.05) is 11.4 Å². The zero-order chi connectivity index (χ0) is 17.7. The Kier molecular flexibility index (Phi) is 3.63. The van der Waals surface area contributed by atoms with Crippen molar-refractivity contribution >= 4 is 23.2 Å². The van der Waals surface area contributed by atoms with Gasteiger partial charge in [0.05, 0.1) is 11.1 Å². The fraction of sp³-hybridized carbons (Fsp3) is 0.368. The van der Waals surface area contributed by atoms with Crippen LogP contribution in [0.2, 0.25) is 0 Å². The Bertz CT molecular complexity index is 880. The van der Waals surface area contributed by atoms with Crippen molar-refractivity contribution in [3.05, 3.63) is 45.6 Å². The summed E-state index contributed by atoms with van der Waals surface area (Å²) in [4.78, 5) is 30.2. The van der Waals surface area contributed by atoms with E-state index in [0.717, 1.165) is 25.8 Å². The maximum absolute atomic E-state index is 12.9. The number of rotatable bonds is 3. The first-order valence-corrected chi connectivity index (χ1v) is 9.69. The fourth-order valence-corrected chi connectivity index (χ4v) is 4.44. The summed E-state index contributed by atoms with van der Waals surface area (Å²) in [6, 6.07) is 7.42. The third-order valence-electron chi connectivity index (χ3n) is 5.14. The van der Waals surface area contributed by atoms with E-state index < -0.39 is 0 Å². The van der Waals surface area contributed by atoms with Gasteiger partial charge in [-0.05, 0) is 36.4 Å². The van der Waals surface area contributed by atoms with Crippen molar-refractivity contribution in [3.63, 3.8) is 0 Å². The first-order valence-electron chi connectivity index (χ1n) is 8.81. The Morgan fingerprint density at radius 3 is 2.85 bits per heavy atom. The molecule has 1 atom stereocenters. The monoisotopic (exact) mass is 370 g/mol. The van der Waals surface area contributed by atoms with Crippen LogP contribution >= 0.6 is 11.3 Å². The van der Waals surface area contributed by atoms with Crippen molar-refractivity contribution < 1.29 is 19.1 Å². The molecule has 0 radical (unpaired) electrons. The maximum atomic E-state index is 12.9. The molecule has 0 aliphatic carbocycles. The molecule has 0 bridgehead atoms. The molecule has 1 unspecified atom stereocenters. The van der Waals surface area contributed by atoms with Gasteiger partial charge in [-0.2, -0.15) is 0 Å². The van der Waals surface area contributed by atoms with E-state index in [4.69, 9.17) is 9.47 Å². The largest absolute Gasteiger partial charge is 0.472 e. The summed E-state index contributed by atoms with van der Waals surface area (Å²) in [6.07, 6.45) is 2.37. The van der Waals surface area contributed by atoms with Crippen LogP contribution in [-0.4, -0.2) is 47.7 Å². The predicted octanol–water partition coefficient (Wildman–Crippen LogP) is 2.74. The van der Waals surface area contributed by atoms with Crippen LogP contribution in [0.25, 0.3) is 0 Å². The molecule has 6 nitrogen and oxygen atoms in total. The van der Waals surface area contributed by atoms with Crippen LogP contribution < -0.4 is 9.47 Å². The van der Waals surface area contributed by atoms with Crippen LogP contribution in [0, 0.1) is 0 Å². The number of carbonyl (C=O) groups excluding carboxylic acids is 2. The van der Waals surface area contributed by atoms with Gasteiger partial charge in [0.1, 0.15) is 11.5 Å². The number of amides is 2. The Morgan fingerprint density at radius 1 is 1.15 bits per heavy atom. The van der Waals surface area contributed by atoms with Crippen molar-refractivity contribution in [3.8, 4) is 11.5 Å². The molecule has 134 valence electrons. The molecule has 0 N–H and O–H groups in total. The summed E-state index contributed by atoms with van der Waals surface area (Å²) in [7, 11) is 0. The number of thiophene rings is 1. The molecule has 3 aliphatic rings. The number of ether oxygens (including phenoxy) is 2. The fourth-order valence-electron chi connectivity index (χ4n) is 3.75. The Hall–Kier alpha value is -2.54. The van der Waals surface area contributed by atoms with Crippen molar-refractivity contribution in [2.75, 3.05) is 19.8 Å². The molecule has 3 aliphatic heterocycles. The topological polar surface area (TPSA) is 59.1 Å². The third-order valence-corrected chi connectivity index (χ3v) is 6.07. The zero-order valence-corrected chi connectivity index (χ0v) is 15.0. The van der Waals surface area contributed by atoms with Crippen molar-refractivity contribution in [1.29, 1.82) is 0 Å². The highest BCUT2D eigenvalue weighted by atomic mass is 32.1. The van der Waals surface area contributed by atoms with Gasteiger partial charge in [-0.25, -0.2) is 0 Å². The molecule has 26 heavy (non-hydrogen) atoms. The Morgan fingerprint density at radius 2 is 2.00 bits per heavy atom. The van der Waals surface area contributed by atoms with Crippen molar-refractivity contribution in [2.24, 2.45) is 0 Å². The number of hydrogen-bond acceptors (Lipinski definition) is 5. The highest BCUT2D eigenvalue weighted by Gasteiger charge is 2.39. The smallest absolute Gasteiger partial charge is 0.260 e. The zero-order valence-electron chi connectivity index (χ0n) is 14.1. The molecular formula is C19H18N2O4S. The summed E-state index contributed by atoms with van der Waals surface area (Å²) >= 11 is 1.69. The average molecular weight is 370 g/mol. The molecule has 2 amide bonds. The lowest BCUT2D eigenvalue weighted by Crippen LogP contribution is -2.44. The number of hydrogen-bond donors (Lipinski definition) is 0. The van der Waals surface area contributed by atoms with Crippen LogP contribution in [0.5, 0.6) is 11.5 Å². The number of benzene rings is 1. The van der Waals surface area contributed by atoms with Gasteiger partial charge in [0.2, 0.25) is 0 Å². The SMILES string of the molecule is O=C1c2cc3c(cc2OCN1CCc1cccs1)C(=O)N1CCCC1O3. The lowest BCUT2D eigenvalue weighted by molar-refractivity contribution is 0.0283. The first-order chi connectivity index (χ1) is 12.7. The van der Waals surface area contributed by atoms with Crippen LogP contribution in [0.1, 0.15) is 38.4 Å². The highest BCUT2D eigenvalue weighted by molar-refractivity contribution is 7.09. The second kappa shape index (κ2) is 6.02. The summed E-state index contributed by atoms with van der Waals surface area (Å²) in [5.74, 6) is 0.855. The van der Waals surface area contributed by atoms with Crippen molar-refractivity contribution in [2.45, 2.75) is 25.5 Å². The molecule has 7 heteroatoms. The minimum Gasteiger partial charge on any atom is -0.472 e. The molecule has 1 aromatic carbocycles. The van der Waals surface area contributed by atoms with Crippen molar-refractivity contribution in [1.82, 2.24) is 9.80 Å². The van der Waals surface area contributed by atoms with E-state index in [-0.39, 0.29) is 24.8 Å². The lowest BCUT2D eigenvalue weighted by atomic mass is 10.0. The van der Waals surface area contributed by atoms with Crippen LogP contribution in [0.3, 0.4) is 0 Å². The molecule has 5 rings (SSSR count). The van der Waals surface area contributed by atoms with Gasteiger partial charge in [-0.15, -0.1) is 11.3 Å². The molecule has 0 spiro atoms. The van der Waals surface area contributed by atoms with Crippen LogP contribution in [-0.2, 0) is 6.42 Å². The van der Waals surface area contributed by atoms with E-state index in [2.05, 4.69) is 6.07 Å². The summed E-state index contributed by atoms with van der Waals surface area (Å²) in [6.45, 7) is 1.53.